The van der Waals surface area contributed by atoms with Crippen LogP contribution in [0.15, 0.2) is 60.7 Å². The van der Waals surface area contributed by atoms with Crippen molar-refractivity contribution in [3.63, 3.8) is 0 Å². The number of carbonyl (C=O) groups is 2. The fourth-order valence-corrected chi connectivity index (χ4v) is 4.03. The second kappa shape index (κ2) is 13.3. The van der Waals surface area contributed by atoms with E-state index in [4.69, 9.17) is 13.9 Å². The van der Waals surface area contributed by atoms with Gasteiger partial charge >= 0.3 is 12.2 Å². The molecule has 0 heterocycles. The number of hydrogen-bond acceptors (Lipinski definition) is 5. The number of ether oxygens (including phenoxy) is 2. The standard InChI is InChI=1S/C27H39NO5Si/c1-27(2,3)34(4,5)33-20-14-8-13-19-28(25(29)31-21-23-15-9-6-10-16-23)26(30)32-22-24-17-11-7-12-18-24/h6-7,9-12,15-18H,8,13-14,19-22H2,1-5H3. The maximum atomic E-state index is 12.7. The van der Waals surface area contributed by atoms with Crippen LogP contribution >= 0.6 is 0 Å². The highest BCUT2D eigenvalue weighted by molar-refractivity contribution is 6.74. The van der Waals surface area contributed by atoms with E-state index in [-0.39, 0.29) is 24.8 Å². The predicted molar refractivity (Wildman–Crippen MR) is 137 cm³/mol. The van der Waals surface area contributed by atoms with E-state index in [1.165, 1.54) is 0 Å². The highest BCUT2D eigenvalue weighted by Gasteiger charge is 2.36. The van der Waals surface area contributed by atoms with Gasteiger partial charge in [-0.1, -0.05) is 81.4 Å². The summed E-state index contributed by atoms with van der Waals surface area (Å²) in [5.74, 6) is 0. The van der Waals surface area contributed by atoms with Gasteiger partial charge in [0.25, 0.3) is 0 Å². The molecule has 0 atom stereocenters. The van der Waals surface area contributed by atoms with Crippen LogP contribution in [-0.4, -0.2) is 38.6 Å². The summed E-state index contributed by atoms with van der Waals surface area (Å²) >= 11 is 0. The summed E-state index contributed by atoms with van der Waals surface area (Å²) in [5, 5.41) is 0.175. The van der Waals surface area contributed by atoms with E-state index < -0.39 is 20.5 Å². The Kier molecular flexibility index (Phi) is 10.8. The van der Waals surface area contributed by atoms with E-state index in [0.29, 0.717) is 13.0 Å². The molecule has 2 rings (SSSR count). The fraction of sp³-hybridized carbons (Fsp3) is 0.481. The lowest BCUT2D eigenvalue weighted by atomic mass is 10.2. The van der Waals surface area contributed by atoms with Gasteiger partial charge < -0.3 is 13.9 Å². The maximum Gasteiger partial charge on any atom is 0.419 e. The predicted octanol–water partition coefficient (Wildman–Crippen LogP) is 7.15. The number of hydrogen-bond donors (Lipinski definition) is 0. The summed E-state index contributed by atoms with van der Waals surface area (Å²) in [5.41, 5.74) is 1.72. The second-order valence-corrected chi connectivity index (χ2v) is 14.7. The molecule has 2 aromatic carbocycles. The molecule has 0 unspecified atom stereocenters. The van der Waals surface area contributed by atoms with Crippen molar-refractivity contribution >= 4 is 20.5 Å². The zero-order chi connectivity index (χ0) is 25.0. The molecule has 186 valence electrons. The molecule has 0 N–H and O–H groups in total. The average molecular weight is 486 g/mol. The van der Waals surface area contributed by atoms with Crippen molar-refractivity contribution in [2.24, 2.45) is 0 Å². The molecule has 0 saturated heterocycles. The summed E-state index contributed by atoms with van der Waals surface area (Å²) in [7, 11) is -1.77. The molecule has 0 aliphatic carbocycles. The van der Waals surface area contributed by atoms with Crippen LogP contribution in [-0.2, 0) is 27.1 Å². The zero-order valence-corrected chi connectivity index (χ0v) is 22.2. The van der Waals surface area contributed by atoms with E-state index in [0.717, 1.165) is 28.9 Å². The summed E-state index contributed by atoms with van der Waals surface area (Å²) < 4.78 is 17.0. The lowest BCUT2D eigenvalue weighted by Crippen LogP contribution is -2.41. The first kappa shape index (κ1) is 27.6. The van der Waals surface area contributed by atoms with Crippen LogP contribution in [0.3, 0.4) is 0 Å². The monoisotopic (exact) mass is 485 g/mol. The van der Waals surface area contributed by atoms with Crippen LogP contribution in [0.1, 0.15) is 51.2 Å². The van der Waals surface area contributed by atoms with Crippen molar-refractivity contribution < 1.29 is 23.5 Å². The molecule has 0 saturated carbocycles. The smallest absolute Gasteiger partial charge is 0.419 e. The molecule has 2 amide bonds. The minimum absolute atomic E-state index is 0.0997. The van der Waals surface area contributed by atoms with Crippen molar-refractivity contribution in [3.05, 3.63) is 71.8 Å². The molecule has 7 heteroatoms. The van der Waals surface area contributed by atoms with Crippen LogP contribution in [0.2, 0.25) is 18.1 Å². The van der Waals surface area contributed by atoms with Gasteiger partial charge in [-0.2, -0.15) is 0 Å². The van der Waals surface area contributed by atoms with Gasteiger partial charge in [0.15, 0.2) is 8.32 Å². The molecule has 0 fully saturated rings. The molecular weight excluding hydrogens is 446 g/mol. The Morgan fingerprint density at radius 3 is 1.68 bits per heavy atom. The molecular formula is C27H39NO5Si. The van der Waals surface area contributed by atoms with E-state index in [9.17, 15) is 9.59 Å². The molecule has 6 nitrogen and oxygen atoms in total. The number of rotatable bonds is 11. The number of unbranched alkanes of at least 4 members (excludes halogenated alkanes) is 2. The molecule has 0 bridgehead atoms. The van der Waals surface area contributed by atoms with Crippen molar-refractivity contribution in [1.29, 1.82) is 0 Å². The summed E-state index contributed by atoms with van der Waals surface area (Å²) in [6.45, 7) is 12.3. The summed E-state index contributed by atoms with van der Waals surface area (Å²) in [6.07, 6.45) is 0.974. The third kappa shape index (κ3) is 9.31. The second-order valence-electron chi connectivity index (χ2n) is 9.90. The van der Waals surface area contributed by atoms with E-state index in [1.54, 1.807) is 0 Å². The summed E-state index contributed by atoms with van der Waals surface area (Å²) in [4.78, 5) is 26.5. The van der Waals surface area contributed by atoms with E-state index in [1.807, 2.05) is 60.7 Å². The molecule has 0 aliphatic rings. The SMILES string of the molecule is CC(C)(C)[Si](C)(C)OCCCCCN(C(=O)OCc1ccccc1)C(=O)OCc1ccccc1. The highest BCUT2D eigenvalue weighted by Crippen LogP contribution is 2.36. The van der Waals surface area contributed by atoms with Gasteiger partial charge in [-0.25, -0.2) is 14.5 Å². The van der Waals surface area contributed by atoms with Gasteiger partial charge in [-0.05, 0) is 48.5 Å². The van der Waals surface area contributed by atoms with Gasteiger partial charge in [0, 0.05) is 13.2 Å². The van der Waals surface area contributed by atoms with Gasteiger partial charge in [0.1, 0.15) is 13.2 Å². The largest absolute Gasteiger partial charge is 0.444 e. The number of amides is 2. The van der Waals surface area contributed by atoms with Crippen LogP contribution in [0.5, 0.6) is 0 Å². The Hall–Kier alpha value is -2.64. The first-order valence-corrected chi connectivity index (χ1v) is 14.8. The highest BCUT2D eigenvalue weighted by atomic mass is 28.4. The molecule has 34 heavy (non-hydrogen) atoms. The van der Waals surface area contributed by atoms with Crippen LogP contribution in [0, 0.1) is 0 Å². The molecule has 2 aromatic rings. The number of carbonyl (C=O) groups excluding carboxylic acids is 2. The van der Waals surface area contributed by atoms with Gasteiger partial charge in [-0.3, -0.25) is 0 Å². The molecule has 0 aliphatic heterocycles. The Morgan fingerprint density at radius 1 is 0.765 bits per heavy atom. The fourth-order valence-electron chi connectivity index (χ4n) is 2.94. The van der Waals surface area contributed by atoms with Gasteiger partial charge in [0.05, 0.1) is 0 Å². The van der Waals surface area contributed by atoms with Gasteiger partial charge in [0.2, 0.25) is 0 Å². The first-order valence-electron chi connectivity index (χ1n) is 11.9. The number of nitrogens with zero attached hydrogens (tertiary/aromatic N) is 1. The van der Waals surface area contributed by atoms with Crippen LogP contribution < -0.4 is 0 Å². The normalized spacial score (nSPS) is 11.7. The van der Waals surface area contributed by atoms with Gasteiger partial charge in [-0.15, -0.1) is 0 Å². The topological polar surface area (TPSA) is 65.1 Å². The lowest BCUT2D eigenvalue weighted by Gasteiger charge is -2.36. The van der Waals surface area contributed by atoms with Crippen LogP contribution in [0.25, 0.3) is 0 Å². The van der Waals surface area contributed by atoms with Crippen molar-refractivity contribution in [2.45, 2.75) is 71.4 Å². The van der Waals surface area contributed by atoms with Crippen molar-refractivity contribution in [3.8, 4) is 0 Å². The summed E-state index contributed by atoms with van der Waals surface area (Å²) in [6, 6.07) is 18.8. The third-order valence-corrected chi connectivity index (χ3v) is 10.7. The Labute approximate surface area is 205 Å². The lowest BCUT2D eigenvalue weighted by molar-refractivity contribution is 0.0692. The van der Waals surface area contributed by atoms with Crippen molar-refractivity contribution in [1.82, 2.24) is 4.90 Å². The van der Waals surface area contributed by atoms with E-state index >= 15 is 0 Å². The number of benzene rings is 2. The number of imide groups is 1. The van der Waals surface area contributed by atoms with Crippen LogP contribution in [0.4, 0.5) is 9.59 Å². The van der Waals surface area contributed by atoms with Crippen molar-refractivity contribution in [2.75, 3.05) is 13.2 Å². The Balaban J connectivity index is 1.86. The molecule has 0 aromatic heterocycles. The third-order valence-electron chi connectivity index (χ3n) is 6.15. The first-order chi connectivity index (χ1) is 16.1. The zero-order valence-electron chi connectivity index (χ0n) is 21.2. The molecule has 0 radical (unpaired) electrons. The minimum atomic E-state index is -1.77. The Bertz CT molecular complexity index is 825. The van der Waals surface area contributed by atoms with E-state index in [2.05, 4.69) is 33.9 Å². The average Bonchev–Trinajstić information content (AvgIpc) is 2.81. The quantitative estimate of drug-likeness (QED) is 0.250. The molecule has 0 spiro atoms. The minimum Gasteiger partial charge on any atom is -0.444 e. The Morgan fingerprint density at radius 2 is 1.24 bits per heavy atom. The maximum absolute atomic E-state index is 12.7.